The molecule has 2 aliphatic heterocycles. The van der Waals surface area contributed by atoms with Gasteiger partial charge in [0.25, 0.3) is 0 Å². The molecular formula is C17H35N3. The molecule has 3 fully saturated rings. The van der Waals surface area contributed by atoms with Crippen LogP contribution in [0.25, 0.3) is 0 Å². The summed E-state index contributed by atoms with van der Waals surface area (Å²) in [5, 5.41) is 0. The van der Waals surface area contributed by atoms with Gasteiger partial charge in [0.1, 0.15) is 0 Å². The highest BCUT2D eigenvalue weighted by Gasteiger charge is 2.42. The lowest BCUT2D eigenvalue weighted by atomic mass is 10.0. The van der Waals surface area contributed by atoms with Crippen molar-refractivity contribution in [3.8, 4) is 0 Å². The molecule has 0 N–H and O–H groups in total. The first-order valence-corrected chi connectivity index (χ1v) is 8.50. The van der Waals surface area contributed by atoms with Crippen LogP contribution in [0.15, 0.2) is 0 Å². The van der Waals surface area contributed by atoms with Crippen molar-refractivity contribution in [1.29, 1.82) is 0 Å². The molecule has 2 saturated heterocycles. The van der Waals surface area contributed by atoms with Gasteiger partial charge in [0, 0.05) is 31.2 Å². The highest BCUT2D eigenvalue weighted by Crippen LogP contribution is 2.40. The summed E-state index contributed by atoms with van der Waals surface area (Å²) < 4.78 is 0. The third-order valence-corrected chi connectivity index (χ3v) is 5.21. The number of fused-ring (bicyclic) bond motifs is 2. The van der Waals surface area contributed by atoms with Gasteiger partial charge in [0.05, 0.1) is 0 Å². The van der Waals surface area contributed by atoms with Gasteiger partial charge in [-0.05, 0) is 79.6 Å². The van der Waals surface area contributed by atoms with E-state index in [9.17, 15) is 0 Å². The first kappa shape index (κ1) is 16.3. The third kappa shape index (κ3) is 4.44. The normalized spacial score (nSPS) is 32.9. The number of hydrogen-bond donors (Lipinski definition) is 0. The van der Waals surface area contributed by atoms with Crippen molar-refractivity contribution in [2.75, 3.05) is 46.8 Å². The molecule has 1 saturated carbocycles. The maximum absolute atomic E-state index is 2.70. The molecule has 3 aliphatic rings. The lowest BCUT2D eigenvalue weighted by molar-refractivity contribution is 0.0974. The Bertz CT molecular complexity index is 287. The fraction of sp³-hybridized carbons (Fsp3) is 1.00. The number of likely N-dealkylation sites (N-methyl/N-ethyl adjacent to an activating group) is 2. The number of piperidine rings is 1. The van der Waals surface area contributed by atoms with Crippen molar-refractivity contribution in [2.24, 2.45) is 5.92 Å². The van der Waals surface area contributed by atoms with Crippen LogP contribution in [0.2, 0.25) is 0 Å². The van der Waals surface area contributed by atoms with Gasteiger partial charge in [-0.1, -0.05) is 0 Å². The summed E-state index contributed by atoms with van der Waals surface area (Å²) in [5.41, 5.74) is 0.417. The van der Waals surface area contributed by atoms with Gasteiger partial charge in [-0.25, -0.2) is 0 Å². The first-order valence-electron chi connectivity index (χ1n) is 8.50. The van der Waals surface area contributed by atoms with E-state index in [0.717, 1.165) is 12.0 Å². The van der Waals surface area contributed by atoms with Crippen molar-refractivity contribution in [1.82, 2.24) is 14.7 Å². The Morgan fingerprint density at radius 3 is 1.80 bits per heavy atom. The van der Waals surface area contributed by atoms with Crippen molar-refractivity contribution in [2.45, 2.75) is 58.0 Å². The van der Waals surface area contributed by atoms with Gasteiger partial charge in [0.15, 0.2) is 0 Å². The van der Waals surface area contributed by atoms with Crippen molar-refractivity contribution in [3.63, 3.8) is 0 Å². The van der Waals surface area contributed by atoms with Crippen LogP contribution >= 0.6 is 0 Å². The topological polar surface area (TPSA) is 9.72 Å². The number of nitrogens with zero attached hydrogens (tertiary/aromatic N) is 3. The minimum atomic E-state index is 0.417. The van der Waals surface area contributed by atoms with Crippen LogP contribution in [0.1, 0.15) is 46.5 Å². The van der Waals surface area contributed by atoms with Gasteiger partial charge >= 0.3 is 0 Å². The Morgan fingerprint density at radius 1 is 0.850 bits per heavy atom. The smallest absolute Gasteiger partial charge is 0.0128 e. The van der Waals surface area contributed by atoms with Crippen LogP contribution in [0.4, 0.5) is 0 Å². The largest absolute Gasteiger partial charge is 0.305 e. The summed E-state index contributed by atoms with van der Waals surface area (Å²) >= 11 is 0. The molecule has 3 heteroatoms. The maximum atomic E-state index is 2.70. The molecule has 2 bridgehead atoms. The van der Waals surface area contributed by atoms with Crippen LogP contribution in [0.5, 0.6) is 0 Å². The second-order valence-electron chi connectivity index (χ2n) is 8.12. The molecule has 3 nitrogen and oxygen atoms in total. The lowest BCUT2D eigenvalue weighted by Gasteiger charge is -2.38. The van der Waals surface area contributed by atoms with E-state index in [1.165, 1.54) is 58.4 Å². The molecule has 0 aromatic carbocycles. The summed E-state index contributed by atoms with van der Waals surface area (Å²) in [6, 6.07) is 0.931. The highest BCUT2D eigenvalue weighted by atomic mass is 15.2. The lowest BCUT2D eigenvalue weighted by Crippen LogP contribution is -2.45. The molecular weight excluding hydrogens is 246 g/mol. The highest BCUT2D eigenvalue weighted by molar-refractivity contribution is 4.96. The zero-order valence-corrected chi connectivity index (χ0v) is 14.4. The number of likely N-dealkylation sites (tertiary alicyclic amines) is 1. The molecule has 2 unspecified atom stereocenters. The molecule has 0 aromatic heterocycles. The Labute approximate surface area is 126 Å². The molecule has 3 rings (SSSR count). The number of rotatable bonds is 0. The van der Waals surface area contributed by atoms with Crippen molar-refractivity contribution in [3.05, 3.63) is 0 Å². The molecule has 118 valence electrons. The minimum Gasteiger partial charge on any atom is -0.305 e. The molecule has 0 aromatic rings. The zero-order valence-electron chi connectivity index (χ0n) is 14.4. The van der Waals surface area contributed by atoms with E-state index >= 15 is 0 Å². The fourth-order valence-corrected chi connectivity index (χ4v) is 3.92. The number of hydrogen-bond acceptors (Lipinski definition) is 3. The van der Waals surface area contributed by atoms with Gasteiger partial charge in [0.2, 0.25) is 0 Å². The predicted molar refractivity (Wildman–Crippen MR) is 87.2 cm³/mol. The van der Waals surface area contributed by atoms with Crippen molar-refractivity contribution >= 4 is 0 Å². The molecule has 2 atom stereocenters. The molecule has 0 amide bonds. The predicted octanol–water partition coefficient (Wildman–Crippen LogP) is 2.52. The summed E-state index contributed by atoms with van der Waals surface area (Å²) in [6.45, 7) is 13.4. The second kappa shape index (κ2) is 6.76. The van der Waals surface area contributed by atoms with Crippen LogP contribution in [-0.4, -0.2) is 73.1 Å². The van der Waals surface area contributed by atoms with E-state index in [1.807, 2.05) is 0 Å². The van der Waals surface area contributed by atoms with Gasteiger partial charge in [-0.15, -0.1) is 0 Å². The monoisotopic (exact) mass is 281 g/mol. The summed E-state index contributed by atoms with van der Waals surface area (Å²) in [4.78, 5) is 7.48. The summed E-state index contributed by atoms with van der Waals surface area (Å²) in [7, 11) is 4.39. The third-order valence-electron chi connectivity index (χ3n) is 5.21. The average Bonchev–Trinajstić information content (AvgIpc) is 2.94. The first-order chi connectivity index (χ1) is 9.36. The van der Waals surface area contributed by atoms with E-state index in [1.54, 1.807) is 0 Å². The minimum absolute atomic E-state index is 0.417. The van der Waals surface area contributed by atoms with Crippen LogP contribution in [0, 0.1) is 5.92 Å². The SMILES string of the molecule is CC(C)(C)N1CC2CCC1C2.CN1CCCN(C)CC1. The van der Waals surface area contributed by atoms with Crippen LogP contribution in [0.3, 0.4) is 0 Å². The Morgan fingerprint density at radius 2 is 1.45 bits per heavy atom. The van der Waals surface area contributed by atoms with E-state index in [2.05, 4.69) is 49.6 Å². The molecule has 2 heterocycles. The van der Waals surface area contributed by atoms with E-state index in [-0.39, 0.29) is 0 Å². The van der Waals surface area contributed by atoms with Crippen molar-refractivity contribution < 1.29 is 0 Å². The molecule has 0 spiro atoms. The quantitative estimate of drug-likeness (QED) is 0.675. The maximum Gasteiger partial charge on any atom is 0.0128 e. The Balaban J connectivity index is 0.000000151. The van der Waals surface area contributed by atoms with E-state index in [4.69, 9.17) is 0 Å². The summed E-state index contributed by atoms with van der Waals surface area (Å²) in [6.07, 6.45) is 5.77. The average molecular weight is 281 g/mol. The van der Waals surface area contributed by atoms with E-state index < -0.39 is 0 Å². The van der Waals surface area contributed by atoms with Crippen LogP contribution < -0.4 is 0 Å². The van der Waals surface area contributed by atoms with Gasteiger partial charge in [-0.2, -0.15) is 0 Å². The Hall–Kier alpha value is -0.120. The fourth-order valence-electron chi connectivity index (χ4n) is 3.92. The van der Waals surface area contributed by atoms with Gasteiger partial charge < -0.3 is 9.80 Å². The van der Waals surface area contributed by atoms with Crippen LogP contribution in [-0.2, 0) is 0 Å². The summed E-state index contributed by atoms with van der Waals surface area (Å²) in [5.74, 6) is 1.04. The Kier molecular flexibility index (Phi) is 5.49. The molecule has 1 aliphatic carbocycles. The van der Waals surface area contributed by atoms with Gasteiger partial charge in [-0.3, -0.25) is 4.90 Å². The second-order valence-corrected chi connectivity index (χ2v) is 8.12. The van der Waals surface area contributed by atoms with E-state index in [0.29, 0.717) is 5.54 Å². The standard InChI is InChI=1S/C10H19N.C7H16N2/c1-10(2,3)11-7-8-4-5-9(11)6-8;1-8-4-3-5-9(2)7-6-8/h8-9H,4-7H2,1-3H3;3-7H2,1-2H3. The molecule has 0 radical (unpaired) electrons. The molecule has 20 heavy (non-hydrogen) atoms. The zero-order chi connectivity index (χ0) is 14.8.